The summed E-state index contributed by atoms with van der Waals surface area (Å²) in [5.74, 6) is 1.97. The number of ether oxygens (including phenoxy) is 1. The van der Waals surface area contributed by atoms with Gasteiger partial charge in [0.05, 0.1) is 17.9 Å². The molecule has 0 atom stereocenters. The first kappa shape index (κ1) is 22.1. The second-order valence-electron chi connectivity index (χ2n) is 8.93. The Kier molecular flexibility index (Phi) is 6.56. The van der Waals surface area contributed by atoms with Gasteiger partial charge in [0.25, 0.3) is 5.56 Å². The summed E-state index contributed by atoms with van der Waals surface area (Å²) < 4.78 is 7.83. The van der Waals surface area contributed by atoms with Gasteiger partial charge in [0.15, 0.2) is 5.82 Å². The zero-order valence-electron chi connectivity index (χ0n) is 19.5. The monoisotopic (exact) mass is 458 g/mol. The third-order valence-corrected chi connectivity index (χ3v) is 6.18. The fraction of sp³-hybridized carbons (Fsp3) is 0.385. The molecule has 3 aromatic heterocycles. The first-order chi connectivity index (χ1) is 16.7. The molecule has 1 saturated carbocycles. The van der Waals surface area contributed by atoms with E-state index in [2.05, 4.69) is 27.1 Å². The van der Waals surface area contributed by atoms with Gasteiger partial charge in [-0.05, 0) is 67.1 Å². The summed E-state index contributed by atoms with van der Waals surface area (Å²) in [7, 11) is 0. The number of rotatable bonds is 11. The molecule has 1 aliphatic rings. The van der Waals surface area contributed by atoms with Gasteiger partial charge in [0.2, 0.25) is 0 Å². The fourth-order valence-corrected chi connectivity index (χ4v) is 4.10. The van der Waals surface area contributed by atoms with E-state index in [-0.39, 0.29) is 5.56 Å². The Balaban J connectivity index is 1.43. The number of nitrogens with zero attached hydrogens (tertiary/aromatic N) is 4. The third-order valence-electron chi connectivity index (χ3n) is 6.18. The van der Waals surface area contributed by atoms with Crippen molar-refractivity contribution in [3.63, 3.8) is 0 Å². The highest BCUT2D eigenvalue weighted by Crippen LogP contribution is 2.32. The van der Waals surface area contributed by atoms with E-state index in [1.54, 1.807) is 0 Å². The minimum Gasteiger partial charge on any atom is -0.494 e. The Morgan fingerprint density at radius 2 is 1.97 bits per heavy atom. The molecule has 0 spiro atoms. The molecular weight excluding hydrogens is 428 g/mol. The van der Waals surface area contributed by atoms with E-state index >= 15 is 0 Å². The maximum atomic E-state index is 13.2. The molecule has 8 heteroatoms. The number of pyridine rings is 1. The Morgan fingerprint density at radius 1 is 1.12 bits per heavy atom. The molecule has 8 nitrogen and oxygen atoms in total. The average Bonchev–Trinajstić information content (AvgIpc) is 3.29. The second kappa shape index (κ2) is 10.1. The summed E-state index contributed by atoms with van der Waals surface area (Å²) in [5.41, 5.74) is 3.28. The summed E-state index contributed by atoms with van der Waals surface area (Å²) >= 11 is 0. The van der Waals surface area contributed by atoms with Crippen molar-refractivity contribution < 1.29 is 4.74 Å². The van der Waals surface area contributed by atoms with Gasteiger partial charge in [-0.2, -0.15) is 10.2 Å². The number of unbranched alkanes of at least 4 members (excludes halogenated alkanes) is 3. The maximum Gasteiger partial charge on any atom is 0.260 e. The molecule has 1 aliphatic carbocycles. The van der Waals surface area contributed by atoms with Crippen molar-refractivity contribution in [1.29, 1.82) is 0 Å². The number of benzene rings is 1. The Bertz CT molecular complexity index is 1270. The molecule has 0 saturated heterocycles. The summed E-state index contributed by atoms with van der Waals surface area (Å²) in [6.07, 6.45) is 10.6. The molecule has 4 aromatic rings. The van der Waals surface area contributed by atoms with Crippen LogP contribution in [0.1, 0.15) is 45.4 Å². The maximum absolute atomic E-state index is 13.2. The normalized spacial score (nSPS) is 13.3. The van der Waals surface area contributed by atoms with Crippen LogP contribution < -0.4 is 10.3 Å². The predicted octanol–water partition coefficient (Wildman–Crippen LogP) is 5.06. The lowest BCUT2D eigenvalue weighted by atomic mass is 10.0. The highest BCUT2D eigenvalue weighted by Gasteiger charge is 2.23. The second-order valence-corrected chi connectivity index (χ2v) is 8.93. The number of aromatic amines is 2. The first-order valence-corrected chi connectivity index (χ1v) is 12.1. The molecular formula is C26H30N6O2. The molecule has 0 unspecified atom stereocenters. The highest BCUT2D eigenvalue weighted by atomic mass is 16.5. The molecule has 1 aromatic carbocycles. The molecule has 34 heavy (non-hydrogen) atoms. The van der Waals surface area contributed by atoms with Crippen molar-refractivity contribution >= 4 is 0 Å². The van der Waals surface area contributed by atoms with Gasteiger partial charge in [-0.15, -0.1) is 0 Å². The minimum atomic E-state index is -0.239. The van der Waals surface area contributed by atoms with Crippen LogP contribution in [0.2, 0.25) is 0 Å². The summed E-state index contributed by atoms with van der Waals surface area (Å²) in [6.45, 7) is 3.83. The van der Waals surface area contributed by atoms with Gasteiger partial charge in [0, 0.05) is 24.0 Å². The van der Waals surface area contributed by atoms with Crippen LogP contribution in [-0.4, -0.2) is 36.6 Å². The van der Waals surface area contributed by atoms with Crippen molar-refractivity contribution in [2.75, 3.05) is 6.61 Å². The van der Waals surface area contributed by atoms with E-state index in [0.717, 1.165) is 47.8 Å². The van der Waals surface area contributed by atoms with E-state index in [9.17, 15) is 4.79 Å². The van der Waals surface area contributed by atoms with Crippen molar-refractivity contribution in [3.05, 3.63) is 59.3 Å². The van der Waals surface area contributed by atoms with E-state index in [0.29, 0.717) is 17.3 Å². The quantitative estimate of drug-likeness (QED) is 0.306. The molecule has 2 N–H and O–H groups in total. The Morgan fingerprint density at radius 3 is 2.71 bits per heavy atom. The van der Waals surface area contributed by atoms with Gasteiger partial charge >= 0.3 is 0 Å². The molecule has 0 amide bonds. The van der Waals surface area contributed by atoms with Crippen LogP contribution in [0.3, 0.4) is 0 Å². The molecule has 0 aliphatic heterocycles. The van der Waals surface area contributed by atoms with Gasteiger partial charge in [0.1, 0.15) is 12.1 Å². The molecule has 176 valence electrons. The standard InChI is InChI=1S/C26H30N6O2/c1-2-3-4-5-14-34-20-10-8-19(9-11-20)23-15-21(22-12-13-32(31-22)16-18-6-7-18)24(26(33)29-23)25-27-17-28-30-25/h8-13,15,17-18H,2-7,14,16H2,1H3,(H,29,33)(H,27,28,30). The average molecular weight is 459 g/mol. The molecule has 5 rings (SSSR count). The number of H-pyrrole nitrogens is 2. The lowest BCUT2D eigenvalue weighted by Gasteiger charge is -2.10. The molecule has 3 heterocycles. The number of aromatic nitrogens is 6. The zero-order chi connectivity index (χ0) is 23.3. The van der Waals surface area contributed by atoms with E-state index in [4.69, 9.17) is 9.84 Å². The van der Waals surface area contributed by atoms with E-state index in [1.165, 1.54) is 38.4 Å². The van der Waals surface area contributed by atoms with Crippen LogP contribution in [0, 0.1) is 5.92 Å². The van der Waals surface area contributed by atoms with Crippen LogP contribution in [-0.2, 0) is 6.54 Å². The van der Waals surface area contributed by atoms with Crippen LogP contribution >= 0.6 is 0 Å². The van der Waals surface area contributed by atoms with Gasteiger partial charge in [-0.1, -0.05) is 26.2 Å². The van der Waals surface area contributed by atoms with Crippen LogP contribution in [0.4, 0.5) is 0 Å². The van der Waals surface area contributed by atoms with Crippen molar-refractivity contribution in [2.45, 2.75) is 52.0 Å². The molecule has 1 fully saturated rings. The SMILES string of the molecule is CCCCCCOc1ccc(-c2cc(-c3ccn(CC4CC4)n3)c(-c3ncn[nH]3)c(=O)[nH]2)cc1. The Labute approximate surface area is 198 Å². The topological polar surface area (TPSA) is 101 Å². The predicted molar refractivity (Wildman–Crippen MR) is 131 cm³/mol. The van der Waals surface area contributed by atoms with Gasteiger partial charge < -0.3 is 9.72 Å². The number of nitrogens with one attached hydrogen (secondary N) is 2. The van der Waals surface area contributed by atoms with E-state index < -0.39 is 0 Å². The lowest BCUT2D eigenvalue weighted by Crippen LogP contribution is -2.13. The van der Waals surface area contributed by atoms with Crippen molar-refractivity contribution in [3.8, 4) is 39.7 Å². The van der Waals surface area contributed by atoms with Crippen LogP contribution in [0.15, 0.2) is 53.7 Å². The Hall–Kier alpha value is -3.68. The fourth-order valence-electron chi connectivity index (χ4n) is 4.10. The molecule has 0 bridgehead atoms. The number of hydrogen-bond acceptors (Lipinski definition) is 5. The smallest absolute Gasteiger partial charge is 0.260 e. The number of hydrogen-bond donors (Lipinski definition) is 2. The van der Waals surface area contributed by atoms with E-state index in [1.807, 2.05) is 47.3 Å². The highest BCUT2D eigenvalue weighted by molar-refractivity contribution is 5.81. The zero-order valence-corrected chi connectivity index (χ0v) is 19.5. The minimum absolute atomic E-state index is 0.239. The summed E-state index contributed by atoms with van der Waals surface area (Å²) in [6, 6.07) is 11.7. The van der Waals surface area contributed by atoms with Crippen LogP contribution in [0.25, 0.3) is 33.9 Å². The summed E-state index contributed by atoms with van der Waals surface area (Å²) in [5, 5.41) is 11.5. The third kappa shape index (κ3) is 5.11. The lowest BCUT2D eigenvalue weighted by molar-refractivity contribution is 0.305. The van der Waals surface area contributed by atoms with Crippen molar-refractivity contribution in [2.24, 2.45) is 5.92 Å². The summed E-state index contributed by atoms with van der Waals surface area (Å²) in [4.78, 5) is 20.4. The van der Waals surface area contributed by atoms with Gasteiger partial charge in [-0.25, -0.2) is 4.98 Å². The largest absolute Gasteiger partial charge is 0.494 e. The first-order valence-electron chi connectivity index (χ1n) is 12.1. The van der Waals surface area contributed by atoms with Crippen LogP contribution in [0.5, 0.6) is 5.75 Å². The van der Waals surface area contributed by atoms with Crippen molar-refractivity contribution in [1.82, 2.24) is 29.9 Å². The van der Waals surface area contributed by atoms with Gasteiger partial charge in [-0.3, -0.25) is 14.6 Å². The molecule has 0 radical (unpaired) electrons.